The third kappa shape index (κ3) is 5.54. The molecule has 9 nitrogen and oxygen atoms in total. The van der Waals surface area contributed by atoms with Crippen LogP contribution in [0.4, 0.5) is 10.6 Å². The van der Waals surface area contributed by atoms with Crippen LogP contribution in [0.5, 0.6) is 0 Å². The van der Waals surface area contributed by atoms with Gasteiger partial charge in [0.1, 0.15) is 5.60 Å². The molecule has 1 aromatic carbocycles. The van der Waals surface area contributed by atoms with E-state index in [1.807, 2.05) is 51.1 Å². The van der Waals surface area contributed by atoms with Crippen LogP contribution < -0.4 is 4.90 Å². The number of hydrogen-bond donors (Lipinski definition) is 0. The van der Waals surface area contributed by atoms with Crippen molar-refractivity contribution in [2.75, 3.05) is 36.8 Å². The van der Waals surface area contributed by atoms with Crippen LogP contribution in [-0.2, 0) is 11.3 Å². The van der Waals surface area contributed by atoms with E-state index in [1.54, 1.807) is 9.58 Å². The van der Waals surface area contributed by atoms with Gasteiger partial charge in [-0.3, -0.25) is 0 Å². The molecule has 1 aliphatic heterocycles. The van der Waals surface area contributed by atoms with Crippen LogP contribution in [0.15, 0.2) is 35.5 Å². The second kappa shape index (κ2) is 9.67. The maximum absolute atomic E-state index is 12.4. The zero-order valence-corrected chi connectivity index (χ0v) is 19.9. The molecule has 1 amide bonds. The summed E-state index contributed by atoms with van der Waals surface area (Å²) in [6.45, 7) is 8.44. The van der Waals surface area contributed by atoms with Gasteiger partial charge < -0.3 is 14.5 Å². The highest BCUT2D eigenvalue weighted by atomic mass is 32.2. The number of carbonyl (C=O) groups is 1. The van der Waals surface area contributed by atoms with E-state index in [0.717, 1.165) is 5.56 Å². The number of rotatable bonds is 5. The minimum atomic E-state index is -0.520. The van der Waals surface area contributed by atoms with Gasteiger partial charge in [-0.05, 0) is 26.3 Å². The number of ether oxygens (including phenoxy) is 1. The van der Waals surface area contributed by atoms with E-state index in [1.165, 1.54) is 11.8 Å². The van der Waals surface area contributed by atoms with Crippen molar-refractivity contribution in [1.29, 1.82) is 0 Å². The van der Waals surface area contributed by atoms with Gasteiger partial charge in [0.25, 0.3) is 0 Å². The average molecular weight is 466 g/mol. The van der Waals surface area contributed by atoms with Crippen molar-refractivity contribution in [2.45, 2.75) is 38.1 Å². The Balaban J connectivity index is 1.59. The lowest BCUT2D eigenvalue weighted by molar-refractivity contribution is 0.0240. The summed E-state index contributed by atoms with van der Waals surface area (Å²) in [6.07, 6.45) is 5.16. The summed E-state index contributed by atoms with van der Waals surface area (Å²) in [5.41, 5.74) is 1.89. The van der Waals surface area contributed by atoms with Crippen molar-refractivity contribution in [3.05, 3.63) is 35.9 Å². The molecular weight excluding hydrogens is 438 g/mol. The van der Waals surface area contributed by atoms with E-state index < -0.39 is 5.60 Å². The number of hydrogen-bond acceptors (Lipinski definition) is 8. The maximum Gasteiger partial charge on any atom is 0.410 e. The van der Waals surface area contributed by atoms with Gasteiger partial charge >= 0.3 is 6.09 Å². The number of thioether (sulfide) groups is 1. The highest BCUT2D eigenvalue weighted by Crippen LogP contribution is 2.27. The first-order valence-electron chi connectivity index (χ1n) is 10.8. The molecule has 0 atom stereocenters. The SMILES string of the molecule is C#CCSc1nc(N2CCN(C(=O)OC(C)(C)C)CC2)c2nnn(Cc3ccccc3)c2n1. The highest BCUT2D eigenvalue weighted by molar-refractivity contribution is 7.99. The Labute approximate surface area is 197 Å². The van der Waals surface area contributed by atoms with E-state index in [4.69, 9.17) is 21.1 Å². The Kier molecular flexibility index (Phi) is 6.70. The molecule has 10 heteroatoms. The molecule has 1 aliphatic rings. The number of aromatic nitrogens is 5. The maximum atomic E-state index is 12.4. The smallest absolute Gasteiger partial charge is 0.410 e. The van der Waals surface area contributed by atoms with Gasteiger partial charge in [-0.2, -0.15) is 0 Å². The standard InChI is InChI=1S/C23H27N7O2S/c1-5-15-33-21-24-19(28-11-13-29(14-12-28)22(31)32-23(2,3)4)18-20(25-21)30(27-26-18)16-17-9-7-6-8-10-17/h1,6-10H,11-16H2,2-4H3. The molecule has 33 heavy (non-hydrogen) atoms. The van der Waals surface area contributed by atoms with Crippen LogP contribution in [0.3, 0.4) is 0 Å². The summed E-state index contributed by atoms with van der Waals surface area (Å²) in [5.74, 6) is 3.80. The summed E-state index contributed by atoms with van der Waals surface area (Å²) in [6, 6.07) is 10.0. The van der Waals surface area contributed by atoms with Gasteiger partial charge in [0.2, 0.25) is 0 Å². The molecule has 0 aliphatic carbocycles. The first kappa shape index (κ1) is 22.9. The Hall–Kier alpha value is -3.32. The van der Waals surface area contributed by atoms with Crippen LogP contribution in [-0.4, -0.2) is 73.5 Å². The highest BCUT2D eigenvalue weighted by Gasteiger charge is 2.28. The van der Waals surface area contributed by atoms with Crippen molar-refractivity contribution in [1.82, 2.24) is 29.9 Å². The minimum Gasteiger partial charge on any atom is -0.444 e. The summed E-state index contributed by atoms with van der Waals surface area (Å²) < 4.78 is 7.29. The molecule has 2 aromatic heterocycles. The molecule has 4 rings (SSSR count). The Morgan fingerprint density at radius 1 is 1.15 bits per heavy atom. The third-order valence-corrected chi connectivity index (χ3v) is 5.77. The number of terminal acetylenes is 1. The second-order valence-corrected chi connectivity index (χ2v) is 9.62. The van der Waals surface area contributed by atoms with Crippen molar-refractivity contribution in [3.63, 3.8) is 0 Å². The number of carbonyl (C=O) groups excluding carboxylic acids is 1. The summed E-state index contributed by atoms with van der Waals surface area (Å²) in [7, 11) is 0. The van der Waals surface area contributed by atoms with E-state index in [2.05, 4.69) is 21.1 Å². The topological polar surface area (TPSA) is 89.3 Å². The fraction of sp³-hybridized carbons (Fsp3) is 0.435. The molecular formula is C23H27N7O2S. The molecule has 0 spiro atoms. The van der Waals surface area contributed by atoms with Gasteiger partial charge in [-0.25, -0.2) is 19.4 Å². The zero-order valence-electron chi connectivity index (χ0n) is 19.1. The molecule has 3 heterocycles. The van der Waals surface area contributed by atoms with Gasteiger partial charge in [0.15, 0.2) is 22.1 Å². The van der Waals surface area contributed by atoms with Gasteiger partial charge in [-0.15, -0.1) is 11.5 Å². The summed E-state index contributed by atoms with van der Waals surface area (Å²) >= 11 is 1.41. The van der Waals surface area contributed by atoms with Gasteiger partial charge in [0, 0.05) is 26.2 Å². The zero-order chi connectivity index (χ0) is 23.4. The second-order valence-electron chi connectivity index (χ2n) is 8.68. The lowest BCUT2D eigenvalue weighted by Gasteiger charge is -2.36. The molecule has 172 valence electrons. The average Bonchev–Trinajstić information content (AvgIpc) is 3.19. The summed E-state index contributed by atoms with van der Waals surface area (Å²) in [4.78, 5) is 25.7. The number of anilines is 1. The van der Waals surface area contributed by atoms with Gasteiger partial charge in [0.05, 0.1) is 12.3 Å². The number of amides is 1. The van der Waals surface area contributed by atoms with Crippen LogP contribution in [0.1, 0.15) is 26.3 Å². The van der Waals surface area contributed by atoms with Crippen molar-refractivity contribution >= 4 is 34.8 Å². The van der Waals surface area contributed by atoms with E-state index >= 15 is 0 Å². The molecule has 0 saturated carbocycles. The number of benzene rings is 1. The molecule has 0 unspecified atom stereocenters. The van der Waals surface area contributed by atoms with Crippen molar-refractivity contribution < 1.29 is 9.53 Å². The summed E-state index contributed by atoms with van der Waals surface area (Å²) in [5, 5.41) is 9.34. The van der Waals surface area contributed by atoms with E-state index in [-0.39, 0.29) is 6.09 Å². The van der Waals surface area contributed by atoms with Crippen molar-refractivity contribution in [3.8, 4) is 12.3 Å². The molecule has 0 N–H and O–H groups in total. The minimum absolute atomic E-state index is 0.297. The molecule has 1 saturated heterocycles. The molecule has 1 fully saturated rings. The van der Waals surface area contributed by atoms with Crippen molar-refractivity contribution in [2.24, 2.45) is 0 Å². The molecule has 0 bridgehead atoms. The quantitative estimate of drug-likeness (QED) is 0.323. The van der Waals surface area contributed by atoms with Gasteiger partial charge in [-0.1, -0.05) is 53.2 Å². The van der Waals surface area contributed by atoms with E-state index in [0.29, 0.717) is 60.6 Å². The first-order chi connectivity index (χ1) is 15.8. The monoisotopic (exact) mass is 465 g/mol. The van der Waals surface area contributed by atoms with Crippen LogP contribution in [0.25, 0.3) is 11.2 Å². The van der Waals surface area contributed by atoms with Crippen LogP contribution in [0, 0.1) is 12.3 Å². The lowest BCUT2D eigenvalue weighted by Crippen LogP contribution is -2.50. The molecule has 0 radical (unpaired) electrons. The lowest BCUT2D eigenvalue weighted by atomic mass is 10.2. The normalized spacial score (nSPS) is 14.4. The predicted molar refractivity (Wildman–Crippen MR) is 128 cm³/mol. The number of nitrogens with zero attached hydrogens (tertiary/aromatic N) is 7. The first-order valence-corrected chi connectivity index (χ1v) is 11.8. The Morgan fingerprint density at radius 2 is 1.88 bits per heavy atom. The largest absolute Gasteiger partial charge is 0.444 e. The predicted octanol–water partition coefficient (Wildman–Crippen LogP) is 3.05. The molecule has 3 aromatic rings. The fourth-order valence-corrected chi connectivity index (χ4v) is 4.02. The van der Waals surface area contributed by atoms with E-state index in [9.17, 15) is 4.79 Å². The van der Waals surface area contributed by atoms with Crippen LogP contribution >= 0.6 is 11.8 Å². The van der Waals surface area contributed by atoms with Crippen LogP contribution in [0.2, 0.25) is 0 Å². The number of fused-ring (bicyclic) bond motifs is 1. The number of piperazine rings is 1. The Morgan fingerprint density at radius 3 is 2.55 bits per heavy atom. The Bertz CT molecular complexity index is 1160. The third-order valence-electron chi connectivity index (χ3n) is 5.01. The fourth-order valence-electron chi connectivity index (χ4n) is 3.50.